The number of hydrogen-bond donors (Lipinski definition) is 1. The summed E-state index contributed by atoms with van der Waals surface area (Å²) in [6.45, 7) is 7.35. The van der Waals surface area contributed by atoms with Crippen molar-refractivity contribution >= 4 is 5.97 Å². The summed E-state index contributed by atoms with van der Waals surface area (Å²) in [6.07, 6.45) is 22.6. The van der Waals surface area contributed by atoms with Crippen LogP contribution in [0.2, 0.25) is 0 Å². The molecule has 2 aromatic heterocycles. The quantitative estimate of drug-likeness (QED) is 0.0750. The molecule has 246 valence electrons. The Balaban J connectivity index is 1.27. The summed E-state index contributed by atoms with van der Waals surface area (Å²) in [7, 11) is 0. The summed E-state index contributed by atoms with van der Waals surface area (Å²) in [5.74, 6) is 0.995. The number of unbranched alkanes of at least 4 members (excludes halogenated alkanes) is 13. The second kappa shape index (κ2) is 20.8. The van der Waals surface area contributed by atoms with Crippen molar-refractivity contribution in [3.05, 3.63) is 53.4 Å². The second-order valence-corrected chi connectivity index (χ2v) is 11.5. The van der Waals surface area contributed by atoms with Crippen LogP contribution in [-0.2, 0) is 33.8 Å². The van der Waals surface area contributed by atoms with Crippen LogP contribution in [0.15, 0.2) is 40.9 Å². The van der Waals surface area contributed by atoms with Gasteiger partial charge in [0.2, 0.25) is 5.69 Å². The van der Waals surface area contributed by atoms with Crippen LogP contribution in [0.4, 0.5) is 0 Å². The molecule has 3 heterocycles. The van der Waals surface area contributed by atoms with E-state index in [1.54, 1.807) is 25.1 Å². The van der Waals surface area contributed by atoms with Crippen molar-refractivity contribution < 1.29 is 33.0 Å². The Kier molecular flexibility index (Phi) is 16.7. The van der Waals surface area contributed by atoms with E-state index in [2.05, 4.69) is 12.1 Å². The standard InChI is InChI=1S/C34H55N4O6/c1-4-6-7-8-9-10-11-12-13-14-15-16-17-18-20-29-25-32(36-43-29)44-38-33(22-24-41-38)42-28(3)27-40-34(39)30-21-19-23-37(5-2)31(30)26-35/h19,21-23,25,28H,4-18,20,24,26-27,35H2,1-3H3/q+1. The van der Waals surface area contributed by atoms with E-state index >= 15 is 0 Å². The fourth-order valence-electron chi connectivity index (χ4n) is 5.31. The zero-order valence-electron chi connectivity index (χ0n) is 27.3. The molecule has 0 bridgehead atoms. The van der Waals surface area contributed by atoms with E-state index in [1.807, 2.05) is 23.8 Å². The number of pyridine rings is 1. The molecule has 0 aromatic carbocycles. The number of nitrogens with two attached hydrogens (primary N) is 1. The first-order valence-electron chi connectivity index (χ1n) is 16.9. The number of esters is 1. The lowest BCUT2D eigenvalue weighted by Gasteiger charge is -2.21. The zero-order valence-corrected chi connectivity index (χ0v) is 27.3. The summed E-state index contributed by atoms with van der Waals surface area (Å²) in [5.41, 5.74) is 7.06. The Morgan fingerprint density at radius 3 is 2.32 bits per heavy atom. The maximum absolute atomic E-state index is 12.7. The number of carbonyl (C=O) groups excluding carboxylic acids is 1. The number of hydrogen-bond acceptors (Lipinski definition) is 9. The molecule has 1 aliphatic heterocycles. The molecule has 0 fully saturated rings. The molecular weight excluding hydrogens is 560 g/mol. The largest absolute Gasteiger partial charge is 0.469 e. The maximum atomic E-state index is 12.7. The Labute approximate surface area is 263 Å². The zero-order chi connectivity index (χ0) is 31.4. The van der Waals surface area contributed by atoms with Crippen molar-refractivity contribution in [1.29, 1.82) is 0 Å². The SMILES string of the molecule is CCCCCCCCCCCCCCCCc1cc(ON2OCC=C2OC(C)COC(=O)c2ccc[n+](CC)c2CN)no1. The fraction of sp³-hybridized carbons (Fsp3) is 0.676. The van der Waals surface area contributed by atoms with Crippen molar-refractivity contribution in [2.75, 3.05) is 13.2 Å². The Morgan fingerprint density at radius 2 is 1.68 bits per heavy atom. The lowest BCUT2D eigenvalue weighted by Crippen LogP contribution is -2.40. The predicted molar refractivity (Wildman–Crippen MR) is 168 cm³/mol. The number of aromatic nitrogens is 2. The molecule has 0 saturated heterocycles. The van der Waals surface area contributed by atoms with Crippen molar-refractivity contribution in [2.24, 2.45) is 5.73 Å². The van der Waals surface area contributed by atoms with Gasteiger partial charge in [-0.2, -0.15) is 0 Å². The van der Waals surface area contributed by atoms with Gasteiger partial charge >= 0.3 is 5.97 Å². The maximum Gasteiger partial charge on any atom is 0.344 e. The fourth-order valence-corrected chi connectivity index (χ4v) is 5.31. The van der Waals surface area contributed by atoms with Crippen molar-refractivity contribution in [3.8, 4) is 5.88 Å². The first-order chi connectivity index (χ1) is 21.5. The highest BCUT2D eigenvalue weighted by atomic mass is 17.0. The molecule has 10 heteroatoms. The van der Waals surface area contributed by atoms with Crippen LogP contribution in [-0.4, -0.2) is 35.7 Å². The van der Waals surface area contributed by atoms with Crippen molar-refractivity contribution in [3.63, 3.8) is 0 Å². The summed E-state index contributed by atoms with van der Waals surface area (Å²) in [5, 5.41) is 5.19. The third kappa shape index (κ3) is 12.5. The molecule has 2 N–H and O–H groups in total. The summed E-state index contributed by atoms with van der Waals surface area (Å²) >= 11 is 0. The topological polar surface area (TPSA) is 113 Å². The highest BCUT2D eigenvalue weighted by Gasteiger charge is 2.26. The number of rotatable bonds is 24. The minimum Gasteiger partial charge on any atom is -0.469 e. The third-order valence-electron chi connectivity index (χ3n) is 7.83. The number of carbonyl (C=O) groups is 1. The first kappa shape index (κ1) is 35.4. The average molecular weight is 616 g/mol. The van der Waals surface area contributed by atoms with E-state index in [0.717, 1.165) is 24.3 Å². The molecule has 0 radical (unpaired) electrons. The van der Waals surface area contributed by atoms with E-state index in [-0.39, 0.29) is 19.8 Å². The van der Waals surface area contributed by atoms with Crippen LogP contribution < -0.4 is 15.1 Å². The van der Waals surface area contributed by atoms with Gasteiger partial charge in [0, 0.05) is 24.6 Å². The minimum absolute atomic E-state index is 0.0440. The normalized spacial score (nSPS) is 13.6. The van der Waals surface area contributed by atoms with E-state index in [1.165, 1.54) is 88.7 Å². The van der Waals surface area contributed by atoms with E-state index in [9.17, 15) is 4.79 Å². The van der Waals surface area contributed by atoms with Gasteiger partial charge in [-0.05, 0) is 36.7 Å². The number of ether oxygens (including phenoxy) is 2. The summed E-state index contributed by atoms with van der Waals surface area (Å²) < 4.78 is 18.8. The highest BCUT2D eigenvalue weighted by molar-refractivity contribution is 5.90. The van der Waals surface area contributed by atoms with Gasteiger partial charge in [0.25, 0.3) is 11.8 Å². The molecule has 1 unspecified atom stereocenters. The van der Waals surface area contributed by atoms with Gasteiger partial charge in [0.05, 0.1) is 6.54 Å². The molecule has 0 spiro atoms. The van der Waals surface area contributed by atoms with E-state index in [0.29, 0.717) is 23.9 Å². The Bertz CT molecular complexity index is 1120. The molecule has 0 amide bonds. The number of aryl methyl sites for hydroxylation is 2. The molecule has 1 atom stereocenters. The highest BCUT2D eigenvalue weighted by Crippen LogP contribution is 2.22. The molecule has 10 nitrogen and oxygen atoms in total. The van der Waals surface area contributed by atoms with Gasteiger partial charge < -0.3 is 24.6 Å². The van der Waals surface area contributed by atoms with Crippen LogP contribution >= 0.6 is 0 Å². The summed E-state index contributed by atoms with van der Waals surface area (Å²) in [4.78, 5) is 24.0. The lowest BCUT2D eigenvalue weighted by molar-refractivity contribution is -0.701. The first-order valence-corrected chi connectivity index (χ1v) is 16.9. The number of nitrogens with zero attached hydrogens (tertiary/aromatic N) is 3. The van der Waals surface area contributed by atoms with Crippen LogP contribution in [0.1, 0.15) is 132 Å². The Hall–Kier alpha value is -3.11. The number of hydroxylamine groups is 2. The van der Waals surface area contributed by atoms with Crippen LogP contribution in [0.25, 0.3) is 0 Å². The van der Waals surface area contributed by atoms with Gasteiger partial charge in [-0.3, -0.25) is 0 Å². The monoisotopic (exact) mass is 615 g/mol. The van der Waals surface area contributed by atoms with Gasteiger partial charge in [-0.25, -0.2) is 14.2 Å². The molecule has 1 aliphatic rings. The molecule has 2 aromatic rings. The van der Waals surface area contributed by atoms with Crippen molar-refractivity contribution in [2.45, 2.75) is 136 Å². The van der Waals surface area contributed by atoms with Gasteiger partial charge in [-0.1, -0.05) is 90.4 Å². The molecule has 0 aliphatic carbocycles. The van der Waals surface area contributed by atoms with Crippen LogP contribution in [0.3, 0.4) is 0 Å². The van der Waals surface area contributed by atoms with Crippen LogP contribution in [0.5, 0.6) is 5.88 Å². The molecule has 3 rings (SSSR count). The minimum atomic E-state index is -0.450. The Morgan fingerprint density at radius 1 is 1.02 bits per heavy atom. The van der Waals surface area contributed by atoms with Gasteiger partial charge in [0.1, 0.15) is 37.2 Å². The van der Waals surface area contributed by atoms with Gasteiger partial charge in [0.15, 0.2) is 6.20 Å². The molecular formula is C34H55N4O6+. The second-order valence-electron chi connectivity index (χ2n) is 11.5. The van der Waals surface area contributed by atoms with Crippen molar-refractivity contribution in [1.82, 2.24) is 10.4 Å². The molecule has 44 heavy (non-hydrogen) atoms. The lowest BCUT2D eigenvalue weighted by atomic mass is 10.0. The predicted octanol–water partition coefficient (Wildman–Crippen LogP) is 7.11. The van der Waals surface area contributed by atoms with E-state index < -0.39 is 12.1 Å². The third-order valence-corrected chi connectivity index (χ3v) is 7.83. The molecule has 0 saturated carbocycles. The van der Waals surface area contributed by atoms with Gasteiger partial charge in [-0.15, -0.1) is 0 Å². The average Bonchev–Trinajstić information content (AvgIpc) is 3.68. The van der Waals surface area contributed by atoms with E-state index in [4.69, 9.17) is 29.4 Å². The van der Waals surface area contributed by atoms with Crippen LogP contribution in [0, 0.1) is 0 Å². The smallest absolute Gasteiger partial charge is 0.344 e. The summed E-state index contributed by atoms with van der Waals surface area (Å²) in [6, 6.07) is 5.31.